The summed E-state index contributed by atoms with van der Waals surface area (Å²) in [5.74, 6) is 1.06. The van der Waals surface area contributed by atoms with Crippen molar-refractivity contribution >= 4 is 0 Å². The molecule has 0 spiro atoms. The van der Waals surface area contributed by atoms with Gasteiger partial charge in [-0.3, -0.25) is 9.58 Å². The predicted octanol–water partition coefficient (Wildman–Crippen LogP) is 1.91. The molecule has 0 aliphatic carbocycles. The molecule has 1 atom stereocenters. The summed E-state index contributed by atoms with van der Waals surface area (Å²) in [6, 6.07) is 6.05. The zero-order valence-corrected chi connectivity index (χ0v) is 14.7. The summed E-state index contributed by atoms with van der Waals surface area (Å²) in [7, 11) is 3.93. The molecule has 1 aliphatic rings. The molecule has 6 nitrogen and oxygen atoms in total. The molecule has 2 aromatic rings. The van der Waals surface area contributed by atoms with E-state index in [2.05, 4.69) is 20.7 Å². The largest absolute Gasteiger partial charge is 0.469 e. The van der Waals surface area contributed by atoms with Gasteiger partial charge in [-0.25, -0.2) is 0 Å². The summed E-state index contributed by atoms with van der Waals surface area (Å²) in [5.41, 5.74) is 1.99. The fraction of sp³-hybridized carbons (Fsp3) is 0.611. The zero-order valence-electron chi connectivity index (χ0n) is 14.7. The molecule has 0 saturated carbocycles. The van der Waals surface area contributed by atoms with Crippen LogP contribution in [0.4, 0.5) is 0 Å². The second-order valence-electron chi connectivity index (χ2n) is 6.87. The summed E-state index contributed by atoms with van der Waals surface area (Å²) in [4.78, 5) is 4.46. The first-order valence-corrected chi connectivity index (χ1v) is 8.76. The van der Waals surface area contributed by atoms with Gasteiger partial charge in [-0.05, 0) is 51.7 Å². The third-order valence-electron chi connectivity index (χ3n) is 4.47. The number of rotatable bonds is 7. The molecular formula is C18H28N4O2. The van der Waals surface area contributed by atoms with E-state index in [9.17, 15) is 5.11 Å². The number of furan rings is 1. The van der Waals surface area contributed by atoms with Crippen LogP contribution in [0.25, 0.3) is 0 Å². The molecule has 0 radical (unpaired) electrons. The van der Waals surface area contributed by atoms with E-state index in [0.717, 1.165) is 56.9 Å². The molecule has 0 unspecified atom stereocenters. The number of aliphatic hydroxyl groups is 1. The van der Waals surface area contributed by atoms with Crippen LogP contribution in [0.5, 0.6) is 0 Å². The van der Waals surface area contributed by atoms with Crippen molar-refractivity contribution in [2.75, 3.05) is 33.7 Å². The lowest BCUT2D eigenvalue weighted by atomic mass is 10.2. The Balaban J connectivity index is 1.57. The van der Waals surface area contributed by atoms with Gasteiger partial charge in [0.25, 0.3) is 0 Å². The van der Waals surface area contributed by atoms with Crippen LogP contribution in [0.1, 0.15) is 36.1 Å². The number of fused-ring (bicyclic) bond motifs is 1. The van der Waals surface area contributed by atoms with E-state index in [-0.39, 0.29) is 0 Å². The fourth-order valence-electron chi connectivity index (χ4n) is 3.28. The topological polar surface area (TPSA) is 57.7 Å². The molecule has 132 valence electrons. The van der Waals surface area contributed by atoms with Crippen molar-refractivity contribution < 1.29 is 9.52 Å². The average molecular weight is 332 g/mol. The smallest absolute Gasteiger partial charge is 0.110 e. The van der Waals surface area contributed by atoms with E-state index < -0.39 is 6.10 Å². The van der Waals surface area contributed by atoms with Crippen LogP contribution in [0, 0.1) is 0 Å². The molecule has 2 aromatic heterocycles. The van der Waals surface area contributed by atoms with E-state index in [1.807, 2.05) is 31.1 Å². The second kappa shape index (κ2) is 7.96. The van der Waals surface area contributed by atoms with Crippen molar-refractivity contribution in [2.45, 2.75) is 38.5 Å². The van der Waals surface area contributed by atoms with Gasteiger partial charge in [0.1, 0.15) is 11.9 Å². The summed E-state index contributed by atoms with van der Waals surface area (Å²) >= 11 is 0. The van der Waals surface area contributed by atoms with Crippen molar-refractivity contribution in [2.24, 2.45) is 0 Å². The predicted molar refractivity (Wildman–Crippen MR) is 92.7 cm³/mol. The highest BCUT2D eigenvalue weighted by atomic mass is 16.3. The Morgan fingerprint density at radius 3 is 3.00 bits per heavy atom. The molecule has 3 heterocycles. The first-order valence-electron chi connectivity index (χ1n) is 8.76. The number of hydrogen-bond acceptors (Lipinski definition) is 5. The summed E-state index contributed by atoms with van der Waals surface area (Å²) in [6.07, 6.45) is 4.39. The first-order chi connectivity index (χ1) is 11.6. The van der Waals surface area contributed by atoms with Crippen molar-refractivity contribution in [1.82, 2.24) is 19.6 Å². The number of likely N-dealkylation sites (N-methyl/N-ethyl adjacent to an activating group) is 1. The third-order valence-corrected chi connectivity index (χ3v) is 4.47. The molecule has 0 fully saturated rings. The maximum Gasteiger partial charge on any atom is 0.110 e. The lowest BCUT2D eigenvalue weighted by Gasteiger charge is -2.19. The van der Waals surface area contributed by atoms with Gasteiger partial charge in [-0.2, -0.15) is 5.10 Å². The van der Waals surface area contributed by atoms with Crippen molar-refractivity contribution in [3.63, 3.8) is 0 Å². The Kier molecular flexibility index (Phi) is 5.71. The Bertz CT molecular complexity index is 621. The van der Waals surface area contributed by atoms with Gasteiger partial charge in [-0.15, -0.1) is 0 Å². The maximum absolute atomic E-state index is 10.3. The van der Waals surface area contributed by atoms with Crippen LogP contribution >= 0.6 is 0 Å². The van der Waals surface area contributed by atoms with Gasteiger partial charge in [-0.1, -0.05) is 0 Å². The molecule has 0 bridgehead atoms. The number of nitrogens with zero attached hydrogens (tertiary/aromatic N) is 4. The van der Waals surface area contributed by atoms with E-state index in [1.165, 1.54) is 5.69 Å². The van der Waals surface area contributed by atoms with Crippen LogP contribution in [-0.4, -0.2) is 58.4 Å². The van der Waals surface area contributed by atoms with E-state index in [0.29, 0.717) is 6.54 Å². The minimum absolute atomic E-state index is 0.521. The highest BCUT2D eigenvalue weighted by Crippen LogP contribution is 2.19. The average Bonchev–Trinajstić information content (AvgIpc) is 3.13. The molecule has 0 saturated heterocycles. The van der Waals surface area contributed by atoms with Crippen LogP contribution < -0.4 is 0 Å². The highest BCUT2D eigenvalue weighted by Gasteiger charge is 2.20. The quantitative estimate of drug-likeness (QED) is 0.839. The molecule has 3 rings (SSSR count). The molecule has 0 aromatic carbocycles. The van der Waals surface area contributed by atoms with Crippen molar-refractivity contribution in [1.29, 1.82) is 0 Å². The summed E-state index contributed by atoms with van der Waals surface area (Å²) in [5, 5.41) is 14.9. The maximum atomic E-state index is 10.3. The van der Waals surface area contributed by atoms with E-state index >= 15 is 0 Å². The van der Waals surface area contributed by atoms with E-state index in [1.54, 1.807) is 6.26 Å². The Morgan fingerprint density at radius 2 is 2.25 bits per heavy atom. The Hall–Kier alpha value is -1.63. The van der Waals surface area contributed by atoms with Crippen LogP contribution in [0.3, 0.4) is 0 Å². The minimum Gasteiger partial charge on any atom is -0.469 e. The van der Waals surface area contributed by atoms with Crippen LogP contribution in [0.15, 0.2) is 28.9 Å². The summed E-state index contributed by atoms with van der Waals surface area (Å²) in [6.45, 7) is 4.58. The number of aromatic nitrogens is 2. The number of hydrogen-bond donors (Lipinski definition) is 1. The highest BCUT2D eigenvalue weighted by molar-refractivity contribution is 5.14. The standard InChI is InChI=1S/C18H28N4O2/c1-20(2)14-18(23)17-12-15-13-21(9-5-10-22(15)19-17)8-3-6-16-7-4-11-24-16/h4,7,11-12,18,23H,3,5-6,8-10,13-14H2,1-2H3/t18-/m1/s1. The van der Waals surface area contributed by atoms with Gasteiger partial charge in [0.15, 0.2) is 0 Å². The lowest BCUT2D eigenvalue weighted by Crippen LogP contribution is -2.24. The van der Waals surface area contributed by atoms with Crippen LogP contribution in [-0.2, 0) is 19.5 Å². The minimum atomic E-state index is -0.521. The van der Waals surface area contributed by atoms with Gasteiger partial charge in [0, 0.05) is 32.6 Å². The van der Waals surface area contributed by atoms with Gasteiger partial charge >= 0.3 is 0 Å². The second-order valence-corrected chi connectivity index (χ2v) is 6.87. The lowest BCUT2D eigenvalue weighted by molar-refractivity contribution is 0.133. The number of aliphatic hydroxyl groups excluding tert-OH is 1. The third kappa shape index (κ3) is 4.47. The normalized spacial score (nSPS) is 17.0. The summed E-state index contributed by atoms with van der Waals surface area (Å²) < 4.78 is 7.47. The Morgan fingerprint density at radius 1 is 1.38 bits per heavy atom. The first kappa shape index (κ1) is 17.2. The SMILES string of the molecule is CN(C)C[C@@H](O)c1cc2n(n1)CCCN(CCCc1ccco1)C2. The molecule has 1 N–H and O–H groups in total. The monoisotopic (exact) mass is 332 g/mol. The van der Waals surface area contributed by atoms with Crippen molar-refractivity contribution in [3.05, 3.63) is 41.6 Å². The van der Waals surface area contributed by atoms with Gasteiger partial charge in [0.05, 0.1) is 17.7 Å². The van der Waals surface area contributed by atoms with E-state index in [4.69, 9.17) is 4.42 Å². The zero-order chi connectivity index (χ0) is 16.9. The molecule has 1 aliphatic heterocycles. The Labute approximate surface area is 143 Å². The number of aryl methyl sites for hydroxylation is 2. The van der Waals surface area contributed by atoms with Crippen molar-refractivity contribution in [3.8, 4) is 0 Å². The molecule has 24 heavy (non-hydrogen) atoms. The fourth-order valence-corrected chi connectivity index (χ4v) is 3.28. The van der Waals surface area contributed by atoms with Crippen LogP contribution in [0.2, 0.25) is 0 Å². The molecule has 0 amide bonds. The van der Waals surface area contributed by atoms with Gasteiger partial charge in [0.2, 0.25) is 0 Å². The molecule has 6 heteroatoms. The molecular weight excluding hydrogens is 304 g/mol. The van der Waals surface area contributed by atoms with Gasteiger partial charge < -0.3 is 14.4 Å².